The lowest BCUT2D eigenvalue weighted by molar-refractivity contribution is -0.133. The van der Waals surface area contributed by atoms with Crippen LogP contribution in [0.2, 0.25) is 0 Å². The number of Topliss-reactive ketones (excluding diaryl/α,β-unsaturated/α-hetero) is 1. The molecule has 0 bridgehead atoms. The predicted molar refractivity (Wildman–Crippen MR) is 95.0 cm³/mol. The maximum atomic E-state index is 12.9. The van der Waals surface area contributed by atoms with Gasteiger partial charge in [0.15, 0.2) is 0 Å². The largest absolute Gasteiger partial charge is 0.497 e. The number of fused-ring (bicyclic) bond motifs is 1. The smallest absolute Gasteiger partial charge is 0.334 e. The zero-order valence-corrected chi connectivity index (χ0v) is 15.0. The van der Waals surface area contributed by atoms with Crippen LogP contribution in [0.25, 0.3) is 0 Å². The summed E-state index contributed by atoms with van der Waals surface area (Å²) in [5, 5.41) is 9.76. The maximum Gasteiger partial charge on any atom is 0.334 e. The highest BCUT2D eigenvalue weighted by Gasteiger charge is 2.47. The minimum Gasteiger partial charge on any atom is -0.497 e. The highest BCUT2D eigenvalue weighted by atomic mass is 16.5. The van der Waals surface area contributed by atoms with Crippen LogP contribution in [0, 0.1) is 11.3 Å². The second kappa shape index (κ2) is 6.14. The molecule has 2 aliphatic rings. The number of carboxylic acid groups (broad SMARTS) is 1. The second-order valence-corrected chi connectivity index (χ2v) is 7.62. The molecule has 1 aromatic carbocycles. The normalized spacial score (nSPS) is 25.3. The summed E-state index contributed by atoms with van der Waals surface area (Å²) in [7, 11) is 1.58. The lowest BCUT2D eigenvalue weighted by atomic mass is 9.63. The highest BCUT2D eigenvalue weighted by Crippen LogP contribution is 2.46. The molecule has 1 heterocycles. The van der Waals surface area contributed by atoms with E-state index in [1.54, 1.807) is 26.2 Å². The molecule has 0 amide bonds. The van der Waals surface area contributed by atoms with Crippen molar-refractivity contribution in [1.29, 1.82) is 0 Å². The van der Waals surface area contributed by atoms with Crippen molar-refractivity contribution in [2.75, 3.05) is 7.11 Å². The van der Waals surface area contributed by atoms with Crippen molar-refractivity contribution in [1.82, 2.24) is 0 Å². The molecule has 0 spiro atoms. The van der Waals surface area contributed by atoms with Crippen molar-refractivity contribution >= 4 is 17.5 Å². The van der Waals surface area contributed by atoms with Crippen molar-refractivity contribution in [2.24, 2.45) is 16.3 Å². The lowest BCUT2D eigenvalue weighted by Gasteiger charge is -2.40. The number of nitrogens with zero attached hydrogens (tertiary/aromatic N) is 1. The first kappa shape index (κ1) is 17.4. The minimum absolute atomic E-state index is 0.0714. The van der Waals surface area contributed by atoms with Gasteiger partial charge in [0, 0.05) is 23.7 Å². The van der Waals surface area contributed by atoms with Crippen molar-refractivity contribution in [3.8, 4) is 5.75 Å². The van der Waals surface area contributed by atoms with Gasteiger partial charge in [-0.15, -0.1) is 0 Å². The third-order valence-electron chi connectivity index (χ3n) is 5.07. The van der Waals surface area contributed by atoms with E-state index >= 15 is 0 Å². The molecular formula is C20H23NO4. The van der Waals surface area contributed by atoms with E-state index in [9.17, 15) is 14.7 Å². The van der Waals surface area contributed by atoms with Crippen LogP contribution in [0.3, 0.4) is 0 Å². The number of allylic oxidation sites excluding steroid dienone is 1. The van der Waals surface area contributed by atoms with Crippen LogP contribution in [0.4, 0.5) is 0 Å². The number of ether oxygens (including phenoxy) is 1. The number of rotatable bonds is 3. The predicted octanol–water partition coefficient (Wildman–Crippen LogP) is 3.60. The molecule has 1 N–H and O–H groups in total. The van der Waals surface area contributed by atoms with Crippen LogP contribution in [0.1, 0.15) is 45.1 Å². The molecule has 1 aliphatic heterocycles. The molecule has 1 saturated carbocycles. The van der Waals surface area contributed by atoms with Crippen molar-refractivity contribution in [3.05, 3.63) is 41.1 Å². The summed E-state index contributed by atoms with van der Waals surface area (Å²) < 4.78 is 5.19. The quantitative estimate of drug-likeness (QED) is 0.911. The number of carbonyl (C=O) groups is 2. The number of ketones is 1. The van der Waals surface area contributed by atoms with Gasteiger partial charge in [-0.1, -0.05) is 26.0 Å². The summed E-state index contributed by atoms with van der Waals surface area (Å²) >= 11 is 0. The fraction of sp³-hybridized carbons (Fsp3) is 0.450. The molecule has 5 nitrogen and oxygen atoms in total. The molecule has 2 unspecified atom stereocenters. The van der Waals surface area contributed by atoms with Gasteiger partial charge in [-0.2, -0.15) is 0 Å². The average Bonchev–Trinajstić information content (AvgIpc) is 2.52. The first-order valence-corrected chi connectivity index (χ1v) is 8.42. The molecule has 132 valence electrons. The van der Waals surface area contributed by atoms with Crippen LogP contribution in [0.15, 0.2) is 40.5 Å². The van der Waals surface area contributed by atoms with Gasteiger partial charge >= 0.3 is 5.97 Å². The Kier molecular flexibility index (Phi) is 4.27. The van der Waals surface area contributed by atoms with Gasteiger partial charge in [0.25, 0.3) is 0 Å². The van der Waals surface area contributed by atoms with Gasteiger partial charge in [-0.3, -0.25) is 9.79 Å². The molecular weight excluding hydrogens is 318 g/mol. The van der Waals surface area contributed by atoms with Gasteiger partial charge in [0.2, 0.25) is 0 Å². The number of benzene rings is 1. The highest BCUT2D eigenvalue weighted by molar-refractivity contribution is 6.12. The Labute approximate surface area is 147 Å². The minimum atomic E-state index is -1.02. The van der Waals surface area contributed by atoms with Crippen LogP contribution < -0.4 is 4.74 Å². The monoisotopic (exact) mass is 341 g/mol. The first-order valence-electron chi connectivity index (χ1n) is 8.42. The Hall–Kier alpha value is -2.43. The first-order chi connectivity index (χ1) is 11.7. The maximum absolute atomic E-state index is 12.9. The van der Waals surface area contributed by atoms with Gasteiger partial charge in [-0.05, 0) is 36.5 Å². The van der Waals surface area contributed by atoms with E-state index in [-0.39, 0.29) is 16.8 Å². The number of carbonyl (C=O) groups excluding carboxylic acids is 1. The van der Waals surface area contributed by atoms with E-state index in [1.165, 1.54) is 0 Å². The topological polar surface area (TPSA) is 76.0 Å². The summed E-state index contributed by atoms with van der Waals surface area (Å²) in [6.45, 7) is 5.82. The molecule has 1 aromatic rings. The SMILES string of the molecule is COc1ccc(C2C(C(=O)O)=C(C)N=C3CC(C)(C)CC(=O)C32)cc1. The number of aliphatic carboxylic acids is 1. The van der Waals surface area contributed by atoms with Crippen LogP contribution in [-0.2, 0) is 9.59 Å². The van der Waals surface area contributed by atoms with Crippen LogP contribution in [0.5, 0.6) is 5.75 Å². The molecule has 1 fully saturated rings. The Morgan fingerprint density at radius 1 is 1.20 bits per heavy atom. The number of carboxylic acids is 1. The van der Waals surface area contributed by atoms with Crippen molar-refractivity contribution in [3.63, 3.8) is 0 Å². The second-order valence-electron chi connectivity index (χ2n) is 7.62. The summed E-state index contributed by atoms with van der Waals surface area (Å²) in [5.41, 5.74) is 2.18. The summed E-state index contributed by atoms with van der Waals surface area (Å²) in [5.74, 6) is -1.24. The molecule has 25 heavy (non-hydrogen) atoms. The van der Waals surface area contributed by atoms with Gasteiger partial charge in [0.05, 0.1) is 18.6 Å². The third kappa shape index (κ3) is 3.11. The molecule has 0 aromatic heterocycles. The molecule has 1 aliphatic carbocycles. The number of hydrogen-bond acceptors (Lipinski definition) is 4. The molecule has 2 atom stereocenters. The van der Waals surface area contributed by atoms with E-state index in [1.807, 2.05) is 12.1 Å². The Bertz CT molecular complexity index is 786. The third-order valence-corrected chi connectivity index (χ3v) is 5.07. The number of methoxy groups -OCH3 is 1. The lowest BCUT2D eigenvalue weighted by Crippen LogP contribution is -2.43. The summed E-state index contributed by atoms with van der Waals surface area (Å²) in [4.78, 5) is 29.4. The summed E-state index contributed by atoms with van der Waals surface area (Å²) in [6, 6.07) is 7.28. The zero-order chi connectivity index (χ0) is 18.4. The van der Waals surface area contributed by atoms with E-state index in [0.29, 0.717) is 24.3 Å². The van der Waals surface area contributed by atoms with Gasteiger partial charge < -0.3 is 9.84 Å². The van der Waals surface area contributed by atoms with E-state index in [4.69, 9.17) is 4.74 Å². The molecule has 3 rings (SSSR count). The number of aliphatic imine (C=N–C) groups is 1. The molecule has 0 saturated heterocycles. The standard InChI is InChI=1S/C20H23NO4/c1-11-16(19(23)24)17(12-5-7-13(25-4)8-6-12)18-14(21-11)9-20(2,3)10-15(18)22/h5-8,17-18H,9-10H2,1-4H3,(H,23,24). The zero-order valence-electron chi connectivity index (χ0n) is 15.0. The van der Waals surface area contributed by atoms with Gasteiger partial charge in [0.1, 0.15) is 11.5 Å². The Morgan fingerprint density at radius 2 is 1.84 bits per heavy atom. The Morgan fingerprint density at radius 3 is 2.40 bits per heavy atom. The fourth-order valence-corrected chi connectivity index (χ4v) is 4.04. The van der Waals surface area contributed by atoms with Crippen LogP contribution >= 0.6 is 0 Å². The van der Waals surface area contributed by atoms with Crippen molar-refractivity contribution in [2.45, 2.75) is 39.5 Å². The fourth-order valence-electron chi connectivity index (χ4n) is 4.04. The molecule has 5 heteroatoms. The van der Waals surface area contributed by atoms with Crippen molar-refractivity contribution < 1.29 is 19.4 Å². The summed E-state index contributed by atoms with van der Waals surface area (Å²) in [6.07, 6.45) is 1.15. The Balaban J connectivity index is 2.14. The molecule has 0 radical (unpaired) electrons. The van der Waals surface area contributed by atoms with E-state index in [0.717, 1.165) is 11.3 Å². The van der Waals surface area contributed by atoms with E-state index in [2.05, 4.69) is 18.8 Å². The average molecular weight is 341 g/mol. The van der Waals surface area contributed by atoms with Crippen LogP contribution in [-0.4, -0.2) is 29.7 Å². The van der Waals surface area contributed by atoms with E-state index < -0.39 is 17.8 Å². The number of hydrogen-bond donors (Lipinski definition) is 1. The van der Waals surface area contributed by atoms with Gasteiger partial charge in [-0.25, -0.2) is 4.79 Å².